The Morgan fingerprint density at radius 2 is 2.19 bits per heavy atom. The van der Waals surface area contributed by atoms with Crippen molar-refractivity contribution < 1.29 is 9.53 Å². The Hall–Kier alpha value is -2.19. The van der Waals surface area contributed by atoms with Crippen LogP contribution in [0.2, 0.25) is 5.02 Å². The average Bonchev–Trinajstić information content (AvgIpc) is 3.45. The normalized spacial score (nSPS) is 13.8. The minimum atomic E-state index is 0.0179. The summed E-state index contributed by atoms with van der Waals surface area (Å²) in [5, 5.41) is 7.63. The van der Waals surface area contributed by atoms with Crippen LogP contribution in [-0.4, -0.2) is 58.8 Å². The second-order valence-corrected chi connectivity index (χ2v) is 9.37. The zero-order chi connectivity index (χ0) is 22.5. The van der Waals surface area contributed by atoms with Crippen LogP contribution in [0.25, 0.3) is 5.69 Å². The zero-order valence-corrected chi connectivity index (χ0v) is 20.2. The number of benzene rings is 1. The number of halogens is 1. The molecule has 1 aliphatic rings. The molecule has 32 heavy (non-hydrogen) atoms. The molecule has 0 unspecified atom stereocenters. The van der Waals surface area contributed by atoms with Crippen molar-refractivity contribution >= 4 is 28.8 Å². The number of aromatic nitrogens is 2. The molecule has 3 heterocycles. The first-order valence-corrected chi connectivity index (χ1v) is 12.3. The number of carbonyl (C=O) groups is 1. The van der Waals surface area contributed by atoms with Crippen LogP contribution in [0.5, 0.6) is 0 Å². The van der Waals surface area contributed by atoms with Crippen LogP contribution >= 0.6 is 22.9 Å². The van der Waals surface area contributed by atoms with Crippen molar-refractivity contribution in [3.8, 4) is 5.69 Å². The Labute approximate surface area is 198 Å². The molecule has 170 valence electrons. The van der Waals surface area contributed by atoms with Crippen molar-refractivity contribution in [3.63, 3.8) is 0 Å². The lowest BCUT2D eigenvalue weighted by Crippen LogP contribution is -2.35. The third kappa shape index (κ3) is 5.07. The maximum Gasteiger partial charge on any atom is 0.264 e. The number of rotatable bonds is 9. The van der Waals surface area contributed by atoms with Gasteiger partial charge in [-0.05, 0) is 42.6 Å². The standard InChI is InChI=1S/C24H29ClN4O2S/c1-3-10-27-11-9-22-20(16-27)21(26-29(22)19-7-4-6-18(25)15-19)17-28(12-13-31-2)24(30)23-8-5-14-32-23/h4-8,14-15H,3,9-13,16-17H2,1-2H3. The van der Waals surface area contributed by atoms with E-state index < -0.39 is 0 Å². The fourth-order valence-corrected chi connectivity index (χ4v) is 5.06. The summed E-state index contributed by atoms with van der Waals surface area (Å²) in [7, 11) is 1.66. The Bertz CT molecular complexity index is 1050. The van der Waals surface area contributed by atoms with E-state index in [1.54, 1.807) is 7.11 Å². The van der Waals surface area contributed by atoms with E-state index in [1.165, 1.54) is 22.6 Å². The highest BCUT2D eigenvalue weighted by molar-refractivity contribution is 7.12. The molecule has 3 aromatic rings. The van der Waals surface area contributed by atoms with Gasteiger partial charge in [-0.25, -0.2) is 4.68 Å². The summed E-state index contributed by atoms with van der Waals surface area (Å²) in [6, 6.07) is 11.6. The van der Waals surface area contributed by atoms with E-state index >= 15 is 0 Å². The van der Waals surface area contributed by atoms with Crippen molar-refractivity contribution in [2.24, 2.45) is 0 Å². The highest BCUT2D eigenvalue weighted by Gasteiger charge is 2.27. The number of nitrogens with zero attached hydrogens (tertiary/aromatic N) is 4. The summed E-state index contributed by atoms with van der Waals surface area (Å²) in [6.07, 6.45) is 2.04. The second-order valence-electron chi connectivity index (χ2n) is 7.99. The van der Waals surface area contributed by atoms with E-state index in [-0.39, 0.29) is 5.91 Å². The molecule has 1 aliphatic heterocycles. The van der Waals surface area contributed by atoms with E-state index in [0.29, 0.717) is 24.7 Å². The molecule has 0 saturated carbocycles. The molecule has 0 saturated heterocycles. The first-order valence-electron chi connectivity index (χ1n) is 11.0. The minimum absolute atomic E-state index is 0.0179. The Kier molecular flexibility index (Phi) is 7.63. The molecule has 0 aliphatic carbocycles. The van der Waals surface area contributed by atoms with Gasteiger partial charge in [-0.2, -0.15) is 5.10 Å². The first-order chi connectivity index (χ1) is 15.6. The third-order valence-corrected chi connectivity index (χ3v) is 6.83. The lowest BCUT2D eigenvalue weighted by molar-refractivity contribution is 0.0681. The van der Waals surface area contributed by atoms with Crippen LogP contribution in [0.4, 0.5) is 0 Å². The molecule has 0 radical (unpaired) electrons. The molecular weight excluding hydrogens is 444 g/mol. The van der Waals surface area contributed by atoms with E-state index in [9.17, 15) is 4.79 Å². The third-order valence-electron chi connectivity index (χ3n) is 5.74. The van der Waals surface area contributed by atoms with Gasteiger partial charge < -0.3 is 9.64 Å². The number of hydrogen-bond donors (Lipinski definition) is 0. The van der Waals surface area contributed by atoms with Gasteiger partial charge in [0.1, 0.15) is 0 Å². The monoisotopic (exact) mass is 472 g/mol. The maximum atomic E-state index is 13.2. The lowest BCUT2D eigenvalue weighted by atomic mass is 10.0. The van der Waals surface area contributed by atoms with E-state index in [0.717, 1.165) is 48.7 Å². The van der Waals surface area contributed by atoms with Crippen molar-refractivity contribution in [3.05, 3.63) is 68.6 Å². The second kappa shape index (κ2) is 10.6. The molecule has 6 nitrogen and oxygen atoms in total. The molecule has 0 spiro atoms. The van der Waals surface area contributed by atoms with Gasteiger partial charge in [0.15, 0.2) is 0 Å². The molecule has 0 fully saturated rings. The van der Waals surface area contributed by atoms with Crippen LogP contribution in [-0.2, 0) is 24.2 Å². The summed E-state index contributed by atoms with van der Waals surface area (Å²) >= 11 is 7.74. The maximum absolute atomic E-state index is 13.2. The molecule has 0 N–H and O–H groups in total. The van der Waals surface area contributed by atoms with E-state index in [2.05, 4.69) is 11.8 Å². The smallest absolute Gasteiger partial charge is 0.264 e. The minimum Gasteiger partial charge on any atom is -0.383 e. The van der Waals surface area contributed by atoms with Crippen molar-refractivity contribution in [2.45, 2.75) is 32.9 Å². The van der Waals surface area contributed by atoms with Gasteiger partial charge in [-0.15, -0.1) is 11.3 Å². The van der Waals surface area contributed by atoms with E-state index in [4.69, 9.17) is 21.4 Å². The summed E-state index contributed by atoms with van der Waals surface area (Å²) in [6.45, 7) is 6.58. The van der Waals surface area contributed by atoms with Gasteiger partial charge in [0.2, 0.25) is 0 Å². The van der Waals surface area contributed by atoms with Crippen LogP contribution in [0.3, 0.4) is 0 Å². The molecule has 1 aromatic carbocycles. The number of methoxy groups -OCH3 is 1. The van der Waals surface area contributed by atoms with E-state index in [1.807, 2.05) is 51.4 Å². The number of fused-ring (bicyclic) bond motifs is 1. The van der Waals surface area contributed by atoms with Crippen LogP contribution in [0.15, 0.2) is 41.8 Å². The zero-order valence-electron chi connectivity index (χ0n) is 18.6. The average molecular weight is 473 g/mol. The quantitative estimate of drug-likeness (QED) is 0.455. The molecular formula is C24H29ClN4O2S. The summed E-state index contributed by atoms with van der Waals surface area (Å²) in [4.78, 5) is 18.2. The fourth-order valence-electron chi connectivity index (χ4n) is 4.19. The molecule has 1 amide bonds. The predicted molar refractivity (Wildman–Crippen MR) is 129 cm³/mol. The molecule has 0 bridgehead atoms. The van der Waals surface area contributed by atoms with Crippen molar-refractivity contribution in [1.82, 2.24) is 19.6 Å². The van der Waals surface area contributed by atoms with Gasteiger partial charge in [-0.1, -0.05) is 30.7 Å². The van der Waals surface area contributed by atoms with Gasteiger partial charge in [0.05, 0.1) is 35.1 Å². The number of thiophene rings is 1. The predicted octanol–water partition coefficient (Wildman–Crippen LogP) is 4.64. The van der Waals surface area contributed by atoms with Gasteiger partial charge >= 0.3 is 0 Å². The summed E-state index contributed by atoms with van der Waals surface area (Å²) < 4.78 is 7.31. The van der Waals surface area contributed by atoms with Gasteiger partial charge in [0.25, 0.3) is 5.91 Å². The molecule has 0 atom stereocenters. The number of ether oxygens (including phenoxy) is 1. The van der Waals surface area contributed by atoms with Gasteiger partial charge in [-0.3, -0.25) is 9.69 Å². The Morgan fingerprint density at radius 3 is 2.91 bits per heavy atom. The largest absolute Gasteiger partial charge is 0.383 e. The molecule has 4 rings (SSSR count). The van der Waals surface area contributed by atoms with Crippen molar-refractivity contribution in [1.29, 1.82) is 0 Å². The fraction of sp³-hybridized carbons (Fsp3) is 0.417. The summed E-state index contributed by atoms with van der Waals surface area (Å²) in [5.41, 5.74) is 4.34. The van der Waals surface area contributed by atoms with Crippen molar-refractivity contribution in [2.75, 3.05) is 33.4 Å². The molecule has 2 aromatic heterocycles. The highest BCUT2D eigenvalue weighted by Crippen LogP contribution is 2.28. The SMILES string of the molecule is CCCN1CCc2c(c(CN(CCOC)C(=O)c3cccs3)nn2-c2cccc(Cl)c2)C1. The highest BCUT2D eigenvalue weighted by atomic mass is 35.5. The first kappa shape index (κ1) is 23.0. The van der Waals surface area contributed by atoms with Crippen LogP contribution in [0, 0.1) is 0 Å². The van der Waals surface area contributed by atoms with Crippen LogP contribution < -0.4 is 0 Å². The topological polar surface area (TPSA) is 50.6 Å². The Morgan fingerprint density at radius 1 is 1.31 bits per heavy atom. The number of hydrogen-bond acceptors (Lipinski definition) is 5. The summed E-state index contributed by atoms with van der Waals surface area (Å²) in [5.74, 6) is 0.0179. The van der Waals surface area contributed by atoms with Crippen LogP contribution in [0.1, 0.15) is 40.0 Å². The lowest BCUT2D eigenvalue weighted by Gasteiger charge is -2.28. The number of carbonyl (C=O) groups excluding carboxylic acids is 1. The molecule has 8 heteroatoms. The number of amides is 1. The van der Waals surface area contributed by atoms with Gasteiger partial charge in [0, 0.05) is 43.8 Å². The Balaban J connectivity index is 1.70.